The van der Waals surface area contributed by atoms with Crippen LogP contribution in [0.3, 0.4) is 0 Å². The fourth-order valence-corrected chi connectivity index (χ4v) is 4.10. The van der Waals surface area contributed by atoms with Crippen LogP contribution in [-0.2, 0) is 0 Å². The number of carbonyl (C=O) groups excluding carboxylic acids is 1. The van der Waals surface area contributed by atoms with E-state index < -0.39 is 5.97 Å². The van der Waals surface area contributed by atoms with Gasteiger partial charge < -0.3 is 10.0 Å². The highest BCUT2D eigenvalue weighted by molar-refractivity contribution is 5.96. The topological polar surface area (TPSA) is 117 Å². The summed E-state index contributed by atoms with van der Waals surface area (Å²) in [6.07, 6.45) is 1.47. The molecule has 1 amide bonds. The van der Waals surface area contributed by atoms with Crippen molar-refractivity contribution in [3.8, 4) is 17.1 Å². The number of H-pyrrole nitrogens is 1. The van der Waals surface area contributed by atoms with Crippen molar-refractivity contribution in [1.29, 1.82) is 0 Å². The molecule has 33 heavy (non-hydrogen) atoms. The summed E-state index contributed by atoms with van der Waals surface area (Å²) in [5.74, 6) is 0.255. The first-order valence-electron chi connectivity index (χ1n) is 10.8. The number of hydrogen-bond donors (Lipinski definition) is 2. The molecule has 1 saturated heterocycles. The van der Waals surface area contributed by atoms with Gasteiger partial charge in [0, 0.05) is 30.6 Å². The molecule has 1 aliphatic heterocycles. The third-order valence-electron chi connectivity index (χ3n) is 5.85. The standard InChI is InChI=1S/C24H22N6O3/c31-23(20-15-19(24(32)33)28-30(20)18-9-5-2-6-10-18)29-13-11-17(12-14-29)22-25-21(26-27-22)16-7-3-1-4-8-16/h1-10,15,17H,11-14H2,(H,32,33)(H,25,26,27). The van der Waals surface area contributed by atoms with Gasteiger partial charge >= 0.3 is 5.97 Å². The lowest BCUT2D eigenvalue weighted by Gasteiger charge is -2.31. The minimum atomic E-state index is -1.17. The number of rotatable bonds is 5. The zero-order valence-electron chi connectivity index (χ0n) is 17.8. The van der Waals surface area contributed by atoms with Gasteiger partial charge in [-0.1, -0.05) is 48.5 Å². The summed E-state index contributed by atoms with van der Waals surface area (Å²) in [7, 11) is 0. The maximum atomic E-state index is 13.3. The van der Waals surface area contributed by atoms with Crippen LogP contribution in [0.4, 0.5) is 0 Å². The Labute approximate surface area is 189 Å². The van der Waals surface area contributed by atoms with E-state index in [2.05, 4.69) is 20.3 Å². The Balaban J connectivity index is 1.32. The Morgan fingerprint density at radius 1 is 0.970 bits per heavy atom. The summed E-state index contributed by atoms with van der Waals surface area (Å²) >= 11 is 0. The fourth-order valence-electron chi connectivity index (χ4n) is 4.10. The third kappa shape index (κ3) is 4.12. The molecule has 9 heteroatoms. The van der Waals surface area contributed by atoms with Gasteiger partial charge in [0.15, 0.2) is 11.5 Å². The molecule has 5 rings (SSSR count). The fraction of sp³-hybridized carbons (Fsp3) is 0.208. The number of para-hydroxylation sites is 1. The number of benzene rings is 2. The maximum absolute atomic E-state index is 13.3. The smallest absolute Gasteiger partial charge is 0.356 e. The van der Waals surface area contributed by atoms with Gasteiger partial charge in [-0.25, -0.2) is 14.5 Å². The number of aromatic carboxylic acids is 1. The number of hydrogen-bond acceptors (Lipinski definition) is 5. The second-order valence-corrected chi connectivity index (χ2v) is 7.94. The van der Waals surface area contributed by atoms with Crippen LogP contribution in [0, 0.1) is 0 Å². The number of nitrogens with zero attached hydrogens (tertiary/aromatic N) is 5. The van der Waals surface area contributed by atoms with Crippen LogP contribution >= 0.6 is 0 Å². The summed E-state index contributed by atoms with van der Waals surface area (Å²) < 4.78 is 1.40. The van der Waals surface area contributed by atoms with Gasteiger partial charge in [0.2, 0.25) is 0 Å². The van der Waals surface area contributed by atoms with Crippen LogP contribution in [0.5, 0.6) is 0 Å². The van der Waals surface area contributed by atoms with Crippen molar-refractivity contribution in [2.75, 3.05) is 13.1 Å². The second kappa shape index (κ2) is 8.70. The minimum absolute atomic E-state index is 0.160. The second-order valence-electron chi connectivity index (χ2n) is 7.94. The first-order chi connectivity index (χ1) is 16.1. The zero-order valence-corrected chi connectivity index (χ0v) is 17.8. The number of aromatic amines is 1. The van der Waals surface area contributed by atoms with Crippen molar-refractivity contribution in [3.05, 3.63) is 83.9 Å². The minimum Gasteiger partial charge on any atom is -0.476 e. The first kappa shape index (κ1) is 20.6. The summed E-state index contributed by atoms with van der Waals surface area (Å²) in [5, 5.41) is 20.9. The molecule has 0 unspecified atom stereocenters. The molecule has 0 atom stereocenters. The molecule has 2 aromatic carbocycles. The molecule has 0 aliphatic carbocycles. The number of aromatic nitrogens is 5. The predicted molar refractivity (Wildman–Crippen MR) is 120 cm³/mol. The van der Waals surface area contributed by atoms with Crippen molar-refractivity contribution < 1.29 is 14.7 Å². The summed E-state index contributed by atoms with van der Waals surface area (Å²) in [4.78, 5) is 31.2. The lowest BCUT2D eigenvalue weighted by molar-refractivity contribution is 0.0686. The third-order valence-corrected chi connectivity index (χ3v) is 5.85. The van der Waals surface area contributed by atoms with E-state index in [1.165, 1.54) is 10.7 Å². The number of carbonyl (C=O) groups is 2. The zero-order chi connectivity index (χ0) is 22.8. The highest BCUT2D eigenvalue weighted by Crippen LogP contribution is 2.28. The van der Waals surface area contributed by atoms with Gasteiger partial charge in [-0.15, -0.1) is 0 Å². The van der Waals surface area contributed by atoms with Crippen molar-refractivity contribution in [1.82, 2.24) is 29.9 Å². The van der Waals surface area contributed by atoms with Crippen LogP contribution in [0.15, 0.2) is 66.7 Å². The quantitative estimate of drug-likeness (QED) is 0.489. The molecule has 9 nitrogen and oxygen atoms in total. The molecular weight excluding hydrogens is 420 g/mol. The van der Waals surface area contributed by atoms with E-state index in [0.29, 0.717) is 24.6 Å². The monoisotopic (exact) mass is 442 g/mol. The van der Waals surface area contributed by atoms with E-state index in [9.17, 15) is 14.7 Å². The Kier molecular flexibility index (Phi) is 5.43. The molecule has 0 saturated carbocycles. The average Bonchev–Trinajstić information content (AvgIpc) is 3.53. The van der Waals surface area contributed by atoms with Gasteiger partial charge in [0.1, 0.15) is 11.5 Å². The van der Waals surface area contributed by atoms with E-state index >= 15 is 0 Å². The van der Waals surface area contributed by atoms with Gasteiger partial charge in [-0.2, -0.15) is 10.2 Å². The van der Waals surface area contributed by atoms with Crippen LogP contribution in [0.25, 0.3) is 17.1 Å². The van der Waals surface area contributed by atoms with E-state index in [1.54, 1.807) is 17.0 Å². The van der Waals surface area contributed by atoms with Crippen LogP contribution in [0.2, 0.25) is 0 Å². The Morgan fingerprint density at radius 3 is 2.30 bits per heavy atom. The molecular formula is C24H22N6O3. The molecule has 0 radical (unpaired) electrons. The number of likely N-dealkylation sites (tertiary alicyclic amines) is 1. The number of carboxylic acid groups (broad SMARTS) is 1. The Morgan fingerprint density at radius 2 is 1.64 bits per heavy atom. The normalized spacial score (nSPS) is 14.4. The largest absolute Gasteiger partial charge is 0.476 e. The number of piperidine rings is 1. The SMILES string of the molecule is O=C(O)c1cc(C(=O)N2CCC(c3nc(-c4ccccc4)n[nH]3)CC2)n(-c2ccccc2)n1. The number of nitrogens with one attached hydrogen (secondary N) is 1. The lowest BCUT2D eigenvalue weighted by Crippen LogP contribution is -2.39. The van der Waals surface area contributed by atoms with Crippen LogP contribution in [0.1, 0.15) is 45.6 Å². The molecule has 166 valence electrons. The molecule has 2 aromatic heterocycles. The molecule has 2 N–H and O–H groups in total. The molecule has 4 aromatic rings. The van der Waals surface area contributed by atoms with Crippen molar-refractivity contribution in [2.24, 2.45) is 0 Å². The first-order valence-corrected chi connectivity index (χ1v) is 10.8. The van der Waals surface area contributed by atoms with E-state index in [-0.39, 0.29) is 23.2 Å². The van der Waals surface area contributed by atoms with Gasteiger partial charge in [0.25, 0.3) is 5.91 Å². The lowest BCUT2D eigenvalue weighted by atomic mass is 9.96. The van der Waals surface area contributed by atoms with Crippen LogP contribution < -0.4 is 0 Å². The van der Waals surface area contributed by atoms with Crippen molar-refractivity contribution in [3.63, 3.8) is 0 Å². The van der Waals surface area contributed by atoms with Crippen molar-refractivity contribution >= 4 is 11.9 Å². The van der Waals surface area contributed by atoms with Crippen molar-refractivity contribution in [2.45, 2.75) is 18.8 Å². The van der Waals surface area contributed by atoms with Crippen LogP contribution in [-0.4, -0.2) is 59.9 Å². The molecule has 3 heterocycles. The average molecular weight is 442 g/mol. The van der Waals surface area contributed by atoms with E-state index in [0.717, 1.165) is 24.2 Å². The highest BCUT2D eigenvalue weighted by Gasteiger charge is 2.29. The van der Waals surface area contributed by atoms with E-state index in [1.807, 2.05) is 48.5 Å². The van der Waals surface area contributed by atoms with E-state index in [4.69, 9.17) is 0 Å². The molecule has 1 fully saturated rings. The summed E-state index contributed by atoms with van der Waals surface area (Å²) in [5.41, 5.74) is 1.67. The predicted octanol–water partition coefficient (Wildman–Crippen LogP) is 3.38. The number of amides is 1. The van der Waals surface area contributed by atoms with Gasteiger partial charge in [0.05, 0.1) is 5.69 Å². The molecule has 0 spiro atoms. The van der Waals surface area contributed by atoms with Gasteiger partial charge in [-0.3, -0.25) is 9.89 Å². The summed E-state index contributed by atoms with van der Waals surface area (Å²) in [6, 6.07) is 20.2. The maximum Gasteiger partial charge on any atom is 0.356 e. The number of carboxylic acids is 1. The Bertz CT molecular complexity index is 1270. The van der Waals surface area contributed by atoms with Gasteiger partial charge in [-0.05, 0) is 25.0 Å². The molecule has 1 aliphatic rings. The summed E-state index contributed by atoms with van der Waals surface area (Å²) in [6.45, 7) is 1.07. The molecule has 0 bridgehead atoms. The Hall–Kier alpha value is -4.27. The highest BCUT2D eigenvalue weighted by atomic mass is 16.4.